The molecule has 1 fully saturated rings. The lowest BCUT2D eigenvalue weighted by Gasteiger charge is -2.51. The highest BCUT2D eigenvalue weighted by atomic mass is 16.5. The Morgan fingerprint density at radius 3 is 2.82 bits per heavy atom. The predicted octanol–water partition coefficient (Wildman–Crippen LogP) is 1.54. The van der Waals surface area contributed by atoms with Crippen molar-refractivity contribution in [1.82, 2.24) is 9.80 Å². The molecule has 3 atom stereocenters. The molecule has 0 spiro atoms. The molecule has 2 rings (SSSR count). The molecular weight excluding hydrogens is 280 g/mol. The second-order valence-electron chi connectivity index (χ2n) is 6.86. The number of carbonyl (C=O) groups excluding carboxylic acids is 2. The molecule has 0 aromatic rings. The normalized spacial score (nSPS) is 31.3. The molecule has 1 heterocycles. The fraction of sp³-hybridized carbons (Fsp3) is 0.765. The number of amides is 1. The van der Waals surface area contributed by atoms with Gasteiger partial charge in [0.15, 0.2) is 0 Å². The second kappa shape index (κ2) is 6.82. The van der Waals surface area contributed by atoms with E-state index in [0.717, 1.165) is 32.4 Å². The Morgan fingerprint density at radius 2 is 2.18 bits per heavy atom. The second-order valence-corrected chi connectivity index (χ2v) is 6.86. The topological polar surface area (TPSA) is 49.9 Å². The van der Waals surface area contributed by atoms with Crippen LogP contribution in [0.2, 0.25) is 0 Å². The van der Waals surface area contributed by atoms with Gasteiger partial charge in [-0.3, -0.25) is 9.59 Å². The molecule has 1 aliphatic heterocycles. The number of hydrogen-bond acceptors (Lipinski definition) is 4. The van der Waals surface area contributed by atoms with Crippen LogP contribution in [-0.2, 0) is 14.3 Å². The van der Waals surface area contributed by atoms with E-state index >= 15 is 0 Å². The maximum absolute atomic E-state index is 12.6. The minimum Gasteiger partial charge on any atom is -0.465 e. The third-order valence-electron chi connectivity index (χ3n) is 5.06. The minimum atomic E-state index is -0.647. The molecule has 0 unspecified atom stereocenters. The predicted molar refractivity (Wildman–Crippen MR) is 85.2 cm³/mol. The average molecular weight is 308 g/mol. The van der Waals surface area contributed by atoms with Crippen LogP contribution in [0.5, 0.6) is 0 Å². The van der Waals surface area contributed by atoms with Crippen LogP contribution in [0.15, 0.2) is 12.2 Å². The van der Waals surface area contributed by atoms with Crippen LogP contribution in [0.4, 0.5) is 0 Å². The van der Waals surface area contributed by atoms with Crippen LogP contribution in [0, 0.1) is 17.3 Å². The van der Waals surface area contributed by atoms with Gasteiger partial charge in [-0.25, -0.2) is 0 Å². The first-order valence-electron chi connectivity index (χ1n) is 8.12. The number of carbonyl (C=O) groups is 2. The first kappa shape index (κ1) is 17.0. The summed E-state index contributed by atoms with van der Waals surface area (Å²) in [6.45, 7) is 3.79. The zero-order valence-electron chi connectivity index (χ0n) is 14.2. The molecule has 0 aromatic carbocycles. The van der Waals surface area contributed by atoms with Crippen molar-refractivity contribution in [3.8, 4) is 0 Å². The van der Waals surface area contributed by atoms with Crippen LogP contribution in [0.1, 0.15) is 26.2 Å². The lowest BCUT2D eigenvalue weighted by Crippen LogP contribution is -2.58. The van der Waals surface area contributed by atoms with E-state index < -0.39 is 5.92 Å². The van der Waals surface area contributed by atoms with Crippen LogP contribution in [0.25, 0.3) is 0 Å². The molecule has 0 saturated carbocycles. The van der Waals surface area contributed by atoms with Crippen molar-refractivity contribution >= 4 is 11.9 Å². The summed E-state index contributed by atoms with van der Waals surface area (Å²) in [4.78, 5) is 28.8. The number of allylic oxidation sites excluding steroid dienone is 2. The van der Waals surface area contributed by atoms with Gasteiger partial charge in [0, 0.05) is 13.6 Å². The Bertz CT molecular complexity index is 461. The van der Waals surface area contributed by atoms with E-state index in [-0.39, 0.29) is 23.2 Å². The fourth-order valence-corrected chi connectivity index (χ4v) is 3.90. The van der Waals surface area contributed by atoms with Gasteiger partial charge >= 0.3 is 5.97 Å². The molecular formula is C17H28N2O3. The van der Waals surface area contributed by atoms with Crippen molar-refractivity contribution in [3.63, 3.8) is 0 Å². The summed E-state index contributed by atoms with van der Waals surface area (Å²) in [6, 6.07) is 0. The van der Waals surface area contributed by atoms with Crippen molar-refractivity contribution in [2.75, 3.05) is 40.8 Å². The van der Waals surface area contributed by atoms with E-state index in [2.05, 4.69) is 31.1 Å². The Hall–Kier alpha value is -1.36. The molecule has 0 radical (unpaired) electrons. The fourth-order valence-electron chi connectivity index (χ4n) is 3.90. The SMILES string of the molecule is CCOC(=O)[C@@H]1C(=O)N(C)C[C@@]2(CCN(C)C)CC=CC[C@@H]12. The summed E-state index contributed by atoms with van der Waals surface area (Å²) < 4.78 is 5.20. The standard InChI is InChI=1S/C17H28N2O3/c1-5-22-16(21)14-13-8-6-7-9-17(13,10-11-18(2)3)12-19(4)15(14)20/h6-7,13-14H,5,8-12H2,1-4H3/t13-,14-,17-/m0/s1. The molecule has 5 heteroatoms. The van der Waals surface area contributed by atoms with E-state index in [0.29, 0.717) is 6.61 Å². The highest BCUT2D eigenvalue weighted by Gasteiger charge is 2.53. The van der Waals surface area contributed by atoms with Crippen LogP contribution in [0.3, 0.4) is 0 Å². The third-order valence-corrected chi connectivity index (χ3v) is 5.06. The van der Waals surface area contributed by atoms with Crippen LogP contribution in [-0.4, -0.2) is 62.5 Å². The quantitative estimate of drug-likeness (QED) is 0.439. The molecule has 22 heavy (non-hydrogen) atoms. The van der Waals surface area contributed by atoms with Gasteiger partial charge in [-0.05, 0) is 58.2 Å². The summed E-state index contributed by atoms with van der Waals surface area (Å²) in [6.07, 6.45) is 7.03. The Morgan fingerprint density at radius 1 is 1.45 bits per heavy atom. The Balaban J connectivity index is 2.31. The zero-order chi connectivity index (χ0) is 16.3. The number of nitrogens with zero attached hydrogens (tertiary/aromatic N) is 2. The van der Waals surface area contributed by atoms with Crippen molar-refractivity contribution in [1.29, 1.82) is 0 Å². The maximum atomic E-state index is 12.6. The van der Waals surface area contributed by atoms with E-state index in [4.69, 9.17) is 4.74 Å². The molecule has 2 aliphatic rings. The lowest BCUT2D eigenvalue weighted by atomic mass is 9.59. The van der Waals surface area contributed by atoms with Gasteiger partial charge in [-0.1, -0.05) is 12.2 Å². The molecule has 1 saturated heterocycles. The van der Waals surface area contributed by atoms with E-state index in [9.17, 15) is 9.59 Å². The number of fused-ring (bicyclic) bond motifs is 1. The highest BCUT2D eigenvalue weighted by molar-refractivity contribution is 5.98. The van der Waals surface area contributed by atoms with Crippen molar-refractivity contribution in [3.05, 3.63) is 12.2 Å². The van der Waals surface area contributed by atoms with Crippen molar-refractivity contribution < 1.29 is 14.3 Å². The molecule has 124 valence electrons. The average Bonchev–Trinajstić information content (AvgIpc) is 2.47. The zero-order valence-corrected chi connectivity index (χ0v) is 14.2. The van der Waals surface area contributed by atoms with Gasteiger partial charge < -0.3 is 14.5 Å². The Labute approximate surface area is 133 Å². The maximum Gasteiger partial charge on any atom is 0.318 e. The lowest BCUT2D eigenvalue weighted by molar-refractivity contribution is -0.168. The molecule has 0 aromatic heterocycles. The highest BCUT2D eigenvalue weighted by Crippen LogP contribution is 2.49. The first-order chi connectivity index (χ1) is 10.4. The third kappa shape index (κ3) is 3.19. The molecule has 1 amide bonds. The first-order valence-corrected chi connectivity index (χ1v) is 8.12. The summed E-state index contributed by atoms with van der Waals surface area (Å²) in [5.74, 6) is -1.03. The Kier molecular flexibility index (Phi) is 5.27. The number of hydrogen-bond donors (Lipinski definition) is 0. The largest absolute Gasteiger partial charge is 0.465 e. The van der Waals surface area contributed by atoms with E-state index in [1.54, 1.807) is 18.9 Å². The van der Waals surface area contributed by atoms with Gasteiger partial charge in [0.1, 0.15) is 5.92 Å². The number of likely N-dealkylation sites (tertiary alicyclic amines) is 1. The van der Waals surface area contributed by atoms with E-state index in [1.165, 1.54) is 0 Å². The summed E-state index contributed by atoms with van der Waals surface area (Å²) in [5, 5.41) is 0. The van der Waals surface area contributed by atoms with Gasteiger partial charge in [0.2, 0.25) is 5.91 Å². The summed E-state index contributed by atoms with van der Waals surface area (Å²) in [5.41, 5.74) is -0.0148. The smallest absolute Gasteiger partial charge is 0.318 e. The number of rotatable bonds is 5. The summed E-state index contributed by atoms with van der Waals surface area (Å²) in [7, 11) is 5.93. The number of piperidine rings is 1. The van der Waals surface area contributed by atoms with Crippen LogP contribution >= 0.6 is 0 Å². The molecule has 1 aliphatic carbocycles. The monoisotopic (exact) mass is 308 g/mol. The van der Waals surface area contributed by atoms with Crippen molar-refractivity contribution in [2.45, 2.75) is 26.2 Å². The van der Waals surface area contributed by atoms with Gasteiger partial charge in [0.05, 0.1) is 6.61 Å². The number of esters is 1. The van der Waals surface area contributed by atoms with Gasteiger partial charge in [-0.2, -0.15) is 0 Å². The minimum absolute atomic E-state index is 0.0148. The van der Waals surface area contributed by atoms with Gasteiger partial charge in [-0.15, -0.1) is 0 Å². The van der Waals surface area contributed by atoms with E-state index in [1.807, 2.05) is 0 Å². The summed E-state index contributed by atoms with van der Waals surface area (Å²) >= 11 is 0. The van der Waals surface area contributed by atoms with Crippen LogP contribution < -0.4 is 0 Å². The molecule has 5 nitrogen and oxygen atoms in total. The number of ether oxygens (including phenoxy) is 1. The van der Waals surface area contributed by atoms with Crippen molar-refractivity contribution in [2.24, 2.45) is 17.3 Å². The molecule has 0 bridgehead atoms. The molecule has 0 N–H and O–H groups in total. The van der Waals surface area contributed by atoms with Gasteiger partial charge in [0.25, 0.3) is 0 Å².